The number of hydrogen-bond donors (Lipinski definition) is 2. The van der Waals surface area contributed by atoms with E-state index in [1.165, 1.54) is 17.5 Å². The zero-order valence-electron chi connectivity index (χ0n) is 13.6. The minimum absolute atomic E-state index is 0.264. The van der Waals surface area contributed by atoms with Crippen LogP contribution in [0.15, 0.2) is 24.3 Å². The van der Waals surface area contributed by atoms with E-state index in [1.54, 1.807) is 0 Å². The summed E-state index contributed by atoms with van der Waals surface area (Å²) in [7, 11) is 0. The Labute approximate surface area is 128 Å². The summed E-state index contributed by atoms with van der Waals surface area (Å²) >= 11 is 0. The van der Waals surface area contributed by atoms with E-state index in [4.69, 9.17) is 5.11 Å². The summed E-state index contributed by atoms with van der Waals surface area (Å²) < 4.78 is 0. The van der Waals surface area contributed by atoms with Crippen LogP contribution >= 0.6 is 0 Å². The summed E-state index contributed by atoms with van der Waals surface area (Å²) in [5.74, 6) is -0.191. The van der Waals surface area contributed by atoms with Gasteiger partial charge in [0.2, 0.25) is 0 Å². The van der Waals surface area contributed by atoms with E-state index >= 15 is 0 Å². The topological polar surface area (TPSA) is 49.3 Å². The van der Waals surface area contributed by atoms with Crippen molar-refractivity contribution in [3.8, 4) is 0 Å². The lowest BCUT2D eigenvalue weighted by Gasteiger charge is -2.23. The number of unbranched alkanes of at least 4 members (excludes halogenated alkanes) is 1. The predicted octanol–water partition coefficient (Wildman–Crippen LogP) is 4.18. The Kier molecular flexibility index (Phi) is 8.06. The van der Waals surface area contributed by atoms with Crippen molar-refractivity contribution in [1.29, 1.82) is 0 Å². The zero-order chi connectivity index (χ0) is 15.7. The Morgan fingerprint density at radius 1 is 1.19 bits per heavy atom. The zero-order valence-corrected chi connectivity index (χ0v) is 13.6. The molecule has 0 heterocycles. The lowest BCUT2D eigenvalue weighted by Crippen LogP contribution is -2.26. The van der Waals surface area contributed by atoms with Crippen molar-refractivity contribution >= 4 is 5.97 Å². The van der Waals surface area contributed by atoms with Crippen molar-refractivity contribution in [3.63, 3.8) is 0 Å². The number of carboxylic acids is 1. The molecule has 0 saturated heterocycles. The van der Waals surface area contributed by atoms with Crippen molar-refractivity contribution < 1.29 is 9.90 Å². The standard InChI is InChI=1S/C18H29NO2/c1-4-7-15-9-11-16(12-10-15)18(14(2)3)19-13-6-5-8-17(20)21/h9-12,14,18-19H,4-8,13H2,1-3H3,(H,20,21). The fraction of sp³-hybridized carbons (Fsp3) is 0.611. The predicted molar refractivity (Wildman–Crippen MR) is 87.5 cm³/mol. The molecule has 1 aromatic carbocycles. The molecule has 0 radical (unpaired) electrons. The van der Waals surface area contributed by atoms with E-state index < -0.39 is 5.97 Å². The van der Waals surface area contributed by atoms with Crippen LogP contribution in [-0.2, 0) is 11.2 Å². The van der Waals surface area contributed by atoms with Crippen LogP contribution in [-0.4, -0.2) is 17.6 Å². The quantitative estimate of drug-likeness (QED) is 0.636. The lowest BCUT2D eigenvalue weighted by molar-refractivity contribution is -0.137. The number of carboxylic acid groups (broad SMARTS) is 1. The molecule has 0 bridgehead atoms. The highest BCUT2D eigenvalue weighted by Crippen LogP contribution is 2.22. The third-order valence-corrected chi connectivity index (χ3v) is 3.73. The molecular formula is C18H29NO2. The molecule has 3 heteroatoms. The van der Waals surface area contributed by atoms with Gasteiger partial charge in [0.05, 0.1) is 0 Å². The molecule has 0 fully saturated rings. The number of hydrogen-bond acceptors (Lipinski definition) is 2. The minimum atomic E-state index is -0.707. The maximum atomic E-state index is 10.5. The van der Waals surface area contributed by atoms with Gasteiger partial charge in [0, 0.05) is 12.5 Å². The average molecular weight is 291 g/mol. The summed E-state index contributed by atoms with van der Waals surface area (Å²) in [6.07, 6.45) is 4.22. The first-order valence-corrected chi connectivity index (χ1v) is 8.08. The monoisotopic (exact) mass is 291 g/mol. The molecule has 1 aromatic rings. The third kappa shape index (κ3) is 6.76. The molecule has 118 valence electrons. The SMILES string of the molecule is CCCc1ccc(C(NCCCCC(=O)O)C(C)C)cc1. The van der Waals surface area contributed by atoms with Crippen molar-refractivity contribution in [3.05, 3.63) is 35.4 Å². The Hall–Kier alpha value is -1.35. The van der Waals surface area contributed by atoms with Crippen LogP contribution in [0.2, 0.25) is 0 Å². The molecule has 1 unspecified atom stereocenters. The number of rotatable bonds is 10. The van der Waals surface area contributed by atoms with Crippen LogP contribution in [0, 0.1) is 5.92 Å². The summed E-state index contributed by atoms with van der Waals surface area (Å²) in [4.78, 5) is 10.5. The second-order valence-electron chi connectivity index (χ2n) is 6.02. The van der Waals surface area contributed by atoms with Crippen molar-refractivity contribution in [2.75, 3.05) is 6.54 Å². The molecule has 1 atom stereocenters. The fourth-order valence-electron chi connectivity index (χ4n) is 2.58. The summed E-state index contributed by atoms with van der Waals surface area (Å²) in [5, 5.41) is 12.2. The highest BCUT2D eigenvalue weighted by Gasteiger charge is 2.14. The van der Waals surface area contributed by atoms with Crippen LogP contribution in [0.4, 0.5) is 0 Å². The molecule has 2 N–H and O–H groups in total. The maximum absolute atomic E-state index is 10.5. The fourth-order valence-corrected chi connectivity index (χ4v) is 2.58. The molecule has 0 spiro atoms. The van der Waals surface area contributed by atoms with Gasteiger partial charge in [0.25, 0.3) is 0 Å². The molecule has 0 saturated carbocycles. The number of benzene rings is 1. The molecule has 1 rings (SSSR count). The van der Waals surface area contributed by atoms with E-state index in [-0.39, 0.29) is 6.42 Å². The largest absolute Gasteiger partial charge is 0.481 e. The summed E-state index contributed by atoms with van der Waals surface area (Å²) in [5.41, 5.74) is 2.72. The van der Waals surface area contributed by atoms with Crippen molar-refractivity contribution in [2.24, 2.45) is 5.92 Å². The first-order chi connectivity index (χ1) is 10.0. The van der Waals surface area contributed by atoms with E-state index in [1.807, 2.05) is 0 Å². The molecule has 3 nitrogen and oxygen atoms in total. The summed E-state index contributed by atoms with van der Waals surface area (Å²) in [6.45, 7) is 7.50. The first kappa shape index (κ1) is 17.7. The van der Waals surface area contributed by atoms with Gasteiger partial charge < -0.3 is 10.4 Å². The van der Waals surface area contributed by atoms with Crippen LogP contribution < -0.4 is 5.32 Å². The second-order valence-corrected chi connectivity index (χ2v) is 6.02. The first-order valence-electron chi connectivity index (χ1n) is 8.08. The average Bonchev–Trinajstić information content (AvgIpc) is 2.43. The van der Waals surface area contributed by atoms with Gasteiger partial charge in [-0.2, -0.15) is 0 Å². The highest BCUT2D eigenvalue weighted by atomic mass is 16.4. The normalized spacial score (nSPS) is 12.6. The molecule has 0 aliphatic heterocycles. The Bertz CT molecular complexity index is 412. The van der Waals surface area contributed by atoms with Gasteiger partial charge >= 0.3 is 5.97 Å². The van der Waals surface area contributed by atoms with Gasteiger partial charge in [-0.15, -0.1) is 0 Å². The Balaban J connectivity index is 2.50. The molecule has 0 aliphatic rings. The number of aryl methyl sites for hydroxylation is 1. The number of aliphatic carboxylic acids is 1. The molecule has 21 heavy (non-hydrogen) atoms. The van der Waals surface area contributed by atoms with Gasteiger partial charge in [0.15, 0.2) is 0 Å². The molecular weight excluding hydrogens is 262 g/mol. The van der Waals surface area contributed by atoms with Gasteiger partial charge in [-0.25, -0.2) is 0 Å². The third-order valence-electron chi connectivity index (χ3n) is 3.73. The van der Waals surface area contributed by atoms with E-state index in [0.29, 0.717) is 12.0 Å². The van der Waals surface area contributed by atoms with Crippen molar-refractivity contribution in [2.45, 2.75) is 58.9 Å². The van der Waals surface area contributed by atoms with Crippen LogP contribution in [0.1, 0.15) is 63.6 Å². The van der Waals surface area contributed by atoms with E-state index in [2.05, 4.69) is 50.4 Å². The Morgan fingerprint density at radius 3 is 2.38 bits per heavy atom. The molecule has 0 aromatic heterocycles. The van der Waals surface area contributed by atoms with Crippen LogP contribution in [0.3, 0.4) is 0 Å². The number of carbonyl (C=O) groups is 1. The lowest BCUT2D eigenvalue weighted by atomic mass is 9.94. The van der Waals surface area contributed by atoms with Crippen LogP contribution in [0.25, 0.3) is 0 Å². The van der Waals surface area contributed by atoms with Gasteiger partial charge in [-0.05, 0) is 42.9 Å². The molecule has 0 aliphatic carbocycles. The summed E-state index contributed by atoms with van der Waals surface area (Å²) in [6, 6.07) is 9.23. The van der Waals surface area contributed by atoms with E-state index in [9.17, 15) is 4.79 Å². The minimum Gasteiger partial charge on any atom is -0.481 e. The van der Waals surface area contributed by atoms with Crippen molar-refractivity contribution in [1.82, 2.24) is 5.32 Å². The van der Waals surface area contributed by atoms with Gasteiger partial charge in [-0.3, -0.25) is 4.79 Å². The highest BCUT2D eigenvalue weighted by molar-refractivity contribution is 5.66. The maximum Gasteiger partial charge on any atom is 0.303 e. The van der Waals surface area contributed by atoms with Gasteiger partial charge in [-0.1, -0.05) is 51.5 Å². The smallest absolute Gasteiger partial charge is 0.303 e. The molecule has 0 amide bonds. The Morgan fingerprint density at radius 2 is 1.86 bits per heavy atom. The van der Waals surface area contributed by atoms with E-state index in [0.717, 1.165) is 25.8 Å². The van der Waals surface area contributed by atoms with Gasteiger partial charge in [0.1, 0.15) is 0 Å². The van der Waals surface area contributed by atoms with Crippen LogP contribution in [0.5, 0.6) is 0 Å². The number of nitrogens with one attached hydrogen (secondary N) is 1. The second kappa shape index (κ2) is 9.56.